The van der Waals surface area contributed by atoms with Crippen molar-refractivity contribution in [3.8, 4) is 0 Å². The lowest BCUT2D eigenvalue weighted by atomic mass is 10.1. The lowest BCUT2D eigenvalue weighted by molar-refractivity contribution is 0.0948. The van der Waals surface area contributed by atoms with Crippen molar-refractivity contribution < 1.29 is 9.21 Å². The van der Waals surface area contributed by atoms with Crippen LogP contribution in [-0.2, 0) is 0 Å². The van der Waals surface area contributed by atoms with Gasteiger partial charge < -0.3 is 9.73 Å². The van der Waals surface area contributed by atoms with Gasteiger partial charge in [0.2, 0.25) is 0 Å². The summed E-state index contributed by atoms with van der Waals surface area (Å²) >= 11 is 0. The Labute approximate surface area is 128 Å². The molecule has 2 heterocycles. The number of aromatic nitrogens is 2. The van der Waals surface area contributed by atoms with Crippen LogP contribution in [0.4, 0.5) is 0 Å². The maximum absolute atomic E-state index is 12.2. The molecule has 0 saturated carbocycles. The molecule has 0 fully saturated rings. The molecule has 3 rings (SSSR count). The van der Waals surface area contributed by atoms with Gasteiger partial charge in [-0.3, -0.25) is 9.48 Å². The summed E-state index contributed by atoms with van der Waals surface area (Å²) in [6, 6.07) is 12.9. The molecule has 5 heteroatoms. The molecule has 112 valence electrons. The van der Waals surface area contributed by atoms with Crippen molar-refractivity contribution in [3.05, 3.63) is 78.0 Å². The Hall–Kier alpha value is -2.82. The zero-order chi connectivity index (χ0) is 15.4. The van der Waals surface area contributed by atoms with E-state index in [-0.39, 0.29) is 11.9 Å². The van der Waals surface area contributed by atoms with Crippen LogP contribution in [0.3, 0.4) is 0 Å². The van der Waals surface area contributed by atoms with E-state index in [1.54, 1.807) is 17.1 Å². The topological polar surface area (TPSA) is 60.1 Å². The van der Waals surface area contributed by atoms with Crippen molar-refractivity contribution in [3.63, 3.8) is 0 Å². The highest BCUT2D eigenvalue weighted by Gasteiger charge is 2.18. The van der Waals surface area contributed by atoms with Crippen LogP contribution >= 0.6 is 0 Å². The molecule has 5 nitrogen and oxygen atoms in total. The molecule has 1 amide bonds. The number of nitrogens with zero attached hydrogens (tertiary/aromatic N) is 2. The van der Waals surface area contributed by atoms with Crippen LogP contribution in [0.5, 0.6) is 0 Å². The smallest absolute Gasteiger partial charge is 0.251 e. The average Bonchev–Trinajstić information content (AvgIpc) is 3.22. The third-order valence-electron chi connectivity index (χ3n) is 3.49. The van der Waals surface area contributed by atoms with Crippen LogP contribution in [-0.4, -0.2) is 22.2 Å². The van der Waals surface area contributed by atoms with Gasteiger partial charge in [0, 0.05) is 24.5 Å². The second kappa shape index (κ2) is 6.30. The van der Waals surface area contributed by atoms with Crippen molar-refractivity contribution >= 4 is 5.91 Å². The zero-order valence-corrected chi connectivity index (χ0v) is 12.3. The van der Waals surface area contributed by atoms with Crippen LogP contribution in [0.25, 0.3) is 0 Å². The molecule has 0 bridgehead atoms. The van der Waals surface area contributed by atoms with E-state index < -0.39 is 0 Å². The first-order valence-corrected chi connectivity index (χ1v) is 7.11. The number of aryl methyl sites for hydroxylation is 1. The fourth-order valence-electron chi connectivity index (χ4n) is 2.27. The predicted octanol–water partition coefficient (Wildman–Crippen LogP) is 2.80. The van der Waals surface area contributed by atoms with E-state index in [9.17, 15) is 4.79 Å². The molecule has 0 spiro atoms. The Morgan fingerprint density at radius 1 is 1.27 bits per heavy atom. The maximum atomic E-state index is 12.2. The molecule has 0 aliphatic rings. The highest BCUT2D eigenvalue weighted by molar-refractivity contribution is 5.94. The van der Waals surface area contributed by atoms with E-state index in [4.69, 9.17) is 4.42 Å². The fraction of sp³-hybridized carbons (Fsp3) is 0.176. The largest absolute Gasteiger partial charge is 0.467 e. The zero-order valence-electron chi connectivity index (χ0n) is 12.3. The van der Waals surface area contributed by atoms with Crippen molar-refractivity contribution in [1.29, 1.82) is 0 Å². The highest BCUT2D eigenvalue weighted by atomic mass is 16.3. The summed E-state index contributed by atoms with van der Waals surface area (Å²) in [7, 11) is 0. The molecule has 1 aromatic carbocycles. The van der Waals surface area contributed by atoms with Gasteiger partial charge in [-0.2, -0.15) is 5.10 Å². The molecule has 3 aromatic rings. The van der Waals surface area contributed by atoms with Crippen LogP contribution in [0.1, 0.15) is 27.7 Å². The van der Waals surface area contributed by atoms with Gasteiger partial charge in [0.15, 0.2) is 0 Å². The molecular weight excluding hydrogens is 278 g/mol. The van der Waals surface area contributed by atoms with Gasteiger partial charge in [0.1, 0.15) is 11.8 Å². The van der Waals surface area contributed by atoms with E-state index >= 15 is 0 Å². The average molecular weight is 295 g/mol. The van der Waals surface area contributed by atoms with Gasteiger partial charge in [0.25, 0.3) is 5.91 Å². The molecule has 0 radical (unpaired) electrons. The lowest BCUT2D eigenvalue weighted by Crippen LogP contribution is -2.31. The molecule has 0 aliphatic heterocycles. The molecule has 0 aliphatic carbocycles. The number of nitrogens with one attached hydrogen (secondary N) is 1. The summed E-state index contributed by atoms with van der Waals surface area (Å²) in [4.78, 5) is 12.2. The standard InChI is InChI=1S/C17H17N3O2/c1-13-5-7-14(8-6-13)17(21)18-12-15(16-4-2-11-22-16)20-10-3-9-19-20/h2-11,15H,12H2,1H3,(H,18,21). The number of carbonyl (C=O) groups excluding carboxylic acids is 1. The third-order valence-corrected chi connectivity index (χ3v) is 3.49. The molecule has 1 unspecified atom stereocenters. The van der Waals surface area contributed by atoms with Gasteiger partial charge in [-0.1, -0.05) is 17.7 Å². The Bertz CT molecular complexity index is 682. The van der Waals surface area contributed by atoms with Gasteiger partial charge in [-0.25, -0.2) is 0 Å². The van der Waals surface area contributed by atoms with Crippen LogP contribution in [0.15, 0.2) is 65.5 Å². The van der Waals surface area contributed by atoms with Gasteiger partial charge >= 0.3 is 0 Å². The maximum Gasteiger partial charge on any atom is 0.251 e. The number of carbonyl (C=O) groups is 1. The van der Waals surface area contributed by atoms with Crippen molar-refractivity contribution in [2.24, 2.45) is 0 Å². The Balaban J connectivity index is 1.72. The number of hydrogen-bond acceptors (Lipinski definition) is 3. The van der Waals surface area contributed by atoms with E-state index in [1.807, 2.05) is 55.6 Å². The molecule has 1 atom stereocenters. The Kier molecular flexibility index (Phi) is 4.05. The first-order chi connectivity index (χ1) is 10.7. The summed E-state index contributed by atoms with van der Waals surface area (Å²) in [6.45, 7) is 2.40. The summed E-state index contributed by atoms with van der Waals surface area (Å²) < 4.78 is 7.23. The van der Waals surface area contributed by atoms with E-state index in [2.05, 4.69) is 10.4 Å². The number of hydrogen-bond donors (Lipinski definition) is 1. The van der Waals surface area contributed by atoms with Gasteiger partial charge in [-0.05, 0) is 37.3 Å². The quantitative estimate of drug-likeness (QED) is 0.787. The summed E-state index contributed by atoms with van der Waals surface area (Å²) in [6.07, 6.45) is 5.18. The lowest BCUT2D eigenvalue weighted by Gasteiger charge is -2.16. The SMILES string of the molecule is Cc1ccc(C(=O)NCC(c2ccco2)n2cccn2)cc1. The summed E-state index contributed by atoms with van der Waals surface area (Å²) in [5.41, 5.74) is 1.77. The molecular formula is C17H17N3O2. The second-order valence-electron chi connectivity index (χ2n) is 5.09. The minimum Gasteiger partial charge on any atom is -0.467 e. The van der Waals surface area contributed by atoms with Crippen LogP contribution in [0.2, 0.25) is 0 Å². The first-order valence-electron chi connectivity index (χ1n) is 7.11. The van der Waals surface area contributed by atoms with E-state index in [0.29, 0.717) is 12.1 Å². The fourth-order valence-corrected chi connectivity index (χ4v) is 2.27. The second-order valence-corrected chi connectivity index (χ2v) is 5.09. The number of furan rings is 1. The molecule has 1 N–H and O–H groups in total. The van der Waals surface area contributed by atoms with Crippen LogP contribution in [0, 0.1) is 6.92 Å². The normalized spacial score (nSPS) is 12.0. The number of amides is 1. The summed E-state index contributed by atoms with van der Waals surface area (Å²) in [5.74, 6) is 0.650. The van der Waals surface area contributed by atoms with Crippen molar-refractivity contribution in [2.75, 3.05) is 6.54 Å². The van der Waals surface area contributed by atoms with Gasteiger partial charge in [0.05, 0.1) is 6.26 Å². The predicted molar refractivity (Wildman–Crippen MR) is 82.6 cm³/mol. The Morgan fingerprint density at radius 2 is 2.09 bits per heavy atom. The number of rotatable bonds is 5. The van der Waals surface area contributed by atoms with E-state index in [1.165, 1.54) is 0 Å². The highest BCUT2D eigenvalue weighted by Crippen LogP contribution is 2.17. The monoisotopic (exact) mass is 295 g/mol. The molecule has 22 heavy (non-hydrogen) atoms. The van der Waals surface area contributed by atoms with Gasteiger partial charge in [-0.15, -0.1) is 0 Å². The molecule has 2 aromatic heterocycles. The number of benzene rings is 1. The molecule has 0 saturated heterocycles. The third kappa shape index (κ3) is 3.09. The first kappa shape index (κ1) is 14.1. The van der Waals surface area contributed by atoms with Crippen molar-refractivity contribution in [2.45, 2.75) is 13.0 Å². The minimum atomic E-state index is -0.167. The van der Waals surface area contributed by atoms with Crippen LogP contribution < -0.4 is 5.32 Å². The minimum absolute atomic E-state index is 0.108. The van der Waals surface area contributed by atoms with Crippen molar-refractivity contribution in [1.82, 2.24) is 15.1 Å². The summed E-state index contributed by atoms with van der Waals surface area (Å²) in [5, 5.41) is 7.18. The Morgan fingerprint density at radius 3 is 2.73 bits per heavy atom. The van der Waals surface area contributed by atoms with E-state index in [0.717, 1.165) is 11.3 Å².